The summed E-state index contributed by atoms with van der Waals surface area (Å²) < 4.78 is 59.4. The van der Waals surface area contributed by atoms with Crippen LogP contribution in [-0.2, 0) is 19.3 Å². The molecule has 0 saturated carbocycles. The van der Waals surface area contributed by atoms with Crippen LogP contribution in [0.1, 0.15) is 57.2 Å². The van der Waals surface area contributed by atoms with Crippen LogP contribution in [0.3, 0.4) is 0 Å². The number of anilines is 1. The maximum Gasteiger partial charge on any atom is 0.434 e. The van der Waals surface area contributed by atoms with Crippen molar-refractivity contribution in [2.24, 2.45) is 0 Å². The van der Waals surface area contributed by atoms with Crippen molar-refractivity contribution in [3.63, 3.8) is 0 Å². The average molecular weight is 537 g/mol. The van der Waals surface area contributed by atoms with Gasteiger partial charge in [0.25, 0.3) is 0 Å². The van der Waals surface area contributed by atoms with E-state index in [-0.39, 0.29) is 30.0 Å². The molecule has 1 unspecified atom stereocenters. The molecular weight excluding hydrogens is 512 g/mol. The fraction of sp³-hybridized carbons (Fsp3) is 0.417. The highest BCUT2D eigenvalue weighted by molar-refractivity contribution is 6.32. The Hall–Kier alpha value is -3.41. The lowest BCUT2D eigenvalue weighted by molar-refractivity contribution is -0.140. The average Bonchev–Trinajstić information content (AvgIpc) is 3.55. The van der Waals surface area contributed by atoms with Gasteiger partial charge in [0.15, 0.2) is 5.69 Å². The quantitative estimate of drug-likeness (QED) is 0.290. The number of hydrogen-bond donors (Lipinski definition) is 1. The molecule has 0 radical (unpaired) electrons. The number of alkyl halides is 3. The van der Waals surface area contributed by atoms with Crippen molar-refractivity contribution in [2.45, 2.75) is 65.0 Å². The first-order valence-corrected chi connectivity index (χ1v) is 12.3. The van der Waals surface area contributed by atoms with Gasteiger partial charge in [0.1, 0.15) is 23.2 Å². The van der Waals surface area contributed by atoms with Gasteiger partial charge in [-0.2, -0.15) is 18.3 Å². The second-order valence-corrected chi connectivity index (χ2v) is 9.57. The van der Waals surface area contributed by atoms with Crippen molar-refractivity contribution < 1.29 is 17.6 Å². The van der Waals surface area contributed by atoms with Gasteiger partial charge in [-0.3, -0.25) is 4.68 Å². The maximum atomic E-state index is 15.1. The lowest BCUT2D eigenvalue weighted by atomic mass is 10.1. The van der Waals surface area contributed by atoms with Crippen LogP contribution in [0, 0.1) is 5.82 Å². The number of fused-ring (bicyclic) bond motifs is 1. The van der Waals surface area contributed by atoms with E-state index in [1.54, 1.807) is 23.9 Å². The van der Waals surface area contributed by atoms with E-state index >= 15 is 4.39 Å². The topological polar surface area (TPSA) is 78.4 Å². The van der Waals surface area contributed by atoms with E-state index in [1.165, 1.54) is 16.7 Å². The van der Waals surface area contributed by atoms with Gasteiger partial charge in [-0.05, 0) is 51.8 Å². The lowest BCUT2D eigenvalue weighted by Gasteiger charge is -2.24. The smallest absolute Gasteiger partial charge is 0.375 e. The number of hydrogen-bond acceptors (Lipinski definition) is 5. The Labute approximate surface area is 215 Å². The molecule has 1 aliphatic heterocycles. The summed E-state index contributed by atoms with van der Waals surface area (Å²) in [4.78, 5) is 8.39. The van der Waals surface area contributed by atoms with E-state index in [2.05, 4.69) is 20.5 Å². The van der Waals surface area contributed by atoms with Gasteiger partial charge in [-0.1, -0.05) is 11.6 Å². The summed E-state index contributed by atoms with van der Waals surface area (Å²) in [6.07, 6.45) is -0.573. The molecule has 1 N–H and O–H groups in total. The molecule has 1 atom stereocenters. The number of aromatic nitrogens is 7. The number of halogens is 5. The summed E-state index contributed by atoms with van der Waals surface area (Å²) in [5.74, 6) is 0.409. The van der Waals surface area contributed by atoms with Crippen LogP contribution < -0.4 is 5.32 Å². The number of aryl methyl sites for hydroxylation is 2. The van der Waals surface area contributed by atoms with Gasteiger partial charge in [0.05, 0.1) is 22.8 Å². The molecule has 4 heterocycles. The van der Waals surface area contributed by atoms with Crippen LogP contribution >= 0.6 is 11.6 Å². The SMILES string of the molecule is CCn1cc(C(F)(F)F)nc1-c1ccc(NC2CCCn3nc(-c4c(Cl)cnn4C(C)C)nc32)cc1F. The van der Waals surface area contributed by atoms with Gasteiger partial charge in [0.2, 0.25) is 5.82 Å². The first kappa shape index (κ1) is 25.2. The monoisotopic (exact) mass is 536 g/mol. The Morgan fingerprint density at radius 2 is 2.00 bits per heavy atom. The van der Waals surface area contributed by atoms with E-state index in [1.807, 2.05) is 18.5 Å². The van der Waals surface area contributed by atoms with Crippen LogP contribution in [0.2, 0.25) is 5.02 Å². The standard InChI is InChI=1S/C24H25ClF4N8/c1-4-35-12-19(24(27,28)29)32-22(35)15-8-7-14(10-17(15)26)31-18-6-5-9-36-23(18)33-21(34-36)20-16(25)11-30-37(20)13(2)3/h7-8,10-13,18,31H,4-6,9H2,1-3H3. The largest absolute Gasteiger partial charge is 0.434 e. The first-order valence-electron chi connectivity index (χ1n) is 12.0. The summed E-state index contributed by atoms with van der Waals surface area (Å²) >= 11 is 6.38. The van der Waals surface area contributed by atoms with Gasteiger partial charge in [-0.25, -0.2) is 19.0 Å². The Bertz CT molecular complexity index is 1440. The Balaban J connectivity index is 1.43. The maximum absolute atomic E-state index is 15.1. The lowest BCUT2D eigenvalue weighted by Crippen LogP contribution is -2.22. The molecular formula is C24H25ClF4N8. The molecule has 196 valence electrons. The highest BCUT2D eigenvalue weighted by Gasteiger charge is 2.35. The highest BCUT2D eigenvalue weighted by Crippen LogP contribution is 2.35. The zero-order chi connectivity index (χ0) is 26.5. The molecule has 0 aliphatic carbocycles. The van der Waals surface area contributed by atoms with Gasteiger partial charge in [-0.15, -0.1) is 5.10 Å². The van der Waals surface area contributed by atoms with Crippen molar-refractivity contribution in [3.8, 4) is 22.9 Å². The summed E-state index contributed by atoms with van der Waals surface area (Å²) in [5.41, 5.74) is 0.0494. The van der Waals surface area contributed by atoms with Crippen LogP contribution in [0.4, 0.5) is 23.2 Å². The zero-order valence-electron chi connectivity index (χ0n) is 20.4. The van der Waals surface area contributed by atoms with E-state index in [0.717, 1.165) is 19.0 Å². The normalized spacial score (nSPS) is 15.9. The van der Waals surface area contributed by atoms with Crippen LogP contribution in [0.15, 0.2) is 30.6 Å². The Kier molecular flexibility index (Phi) is 6.47. The van der Waals surface area contributed by atoms with Crippen molar-refractivity contribution in [2.75, 3.05) is 5.32 Å². The third-order valence-electron chi connectivity index (χ3n) is 6.29. The summed E-state index contributed by atoms with van der Waals surface area (Å²) in [6, 6.07) is 4.14. The fourth-order valence-electron chi connectivity index (χ4n) is 4.53. The minimum Gasteiger partial charge on any atom is -0.375 e. The van der Waals surface area contributed by atoms with Crippen molar-refractivity contribution in [1.29, 1.82) is 0 Å². The molecule has 0 amide bonds. The minimum absolute atomic E-state index is 0.00594. The van der Waals surface area contributed by atoms with Gasteiger partial charge < -0.3 is 9.88 Å². The van der Waals surface area contributed by atoms with E-state index < -0.39 is 17.7 Å². The van der Waals surface area contributed by atoms with E-state index in [9.17, 15) is 13.2 Å². The highest BCUT2D eigenvalue weighted by atomic mass is 35.5. The molecule has 0 saturated heterocycles. The predicted octanol–water partition coefficient (Wildman–Crippen LogP) is 6.36. The zero-order valence-corrected chi connectivity index (χ0v) is 21.1. The summed E-state index contributed by atoms with van der Waals surface area (Å²) in [5, 5.41) is 12.7. The number of nitrogens with one attached hydrogen (secondary N) is 1. The Morgan fingerprint density at radius 3 is 2.68 bits per heavy atom. The predicted molar refractivity (Wildman–Crippen MR) is 131 cm³/mol. The molecule has 3 aromatic heterocycles. The second-order valence-electron chi connectivity index (χ2n) is 9.16. The summed E-state index contributed by atoms with van der Waals surface area (Å²) in [7, 11) is 0. The first-order chi connectivity index (χ1) is 17.6. The molecule has 4 aromatic rings. The third kappa shape index (κ3) is 4.70. The number of benzene rings is 1. The summed E-state index contributed by atoms with van der Waals surface area (Å²) in [6.45, 7) is 6.55. The van der Waals surface area contributed by atoms with Gasteiger partial charge >= 0.3 is 6.18 Å². The van der Waals surface area contributed by atoms with E-state index in [0.29, 0.717) is 34.6 Å². The van der Waals surface area contributed by atoms with Gasteiger partial charge in [0, 0.05) is 31.0 Å². The minimum atomic E-state index is -4.61. The fourth-order valence-corrected chi connectivity index (χ4v) is 4.74. The van der Waals surface area contributed by atoms with Crippen LogP contribution in [0.5, 0.6) is 0 Å². The molecule has 0 fully saturated rings. The van der Waals surface area contributed by atoms with Crippen molar-refractivity contribution >= 4 is 17.3 Å². The molecule has 5 rings (SSSR count). The number of nitrogens with zero attached hydrogens (tertiary/aromatic N) is 7. The molecule has 0 spiro atoms. The molecule has 1 aliphatic rings. The molecule has 8 nitrogen and oxygen atoms in total. The molecule has 37 heavy (non-hydrogen) atoms. The Morgan fingerprint density at radius 1 is 1.22 bits per heavy atom. The third-order valence-corrected chi connectivity index (χ3v) is 6.56. The van der Waals surface area contributed by atoms with Crippen molar-refractivity contribution in [1.82, 2.24) is 34.1 Å². The van der Waals surface area contributed by atoms with E-state index in [4.69, 9.17) is 16.6 Å². The van der Waals surface area contributed by atoms with Crippen LogP contribution in [0.25, 0.3) is 22.9 Å². The van der Waals surface area contributed by atoms with Crippen molar-refractivity contribution in [3.05, 3.63) is 53.0 Å². The molecule has 1 aromatic carbocycles. The molecule has 13 heteroatoms. The number of rotatable bonds is 6. The second kappa shape index (κ2) is 9.47. The molecule has 0 bridgehead atoms. The number of imidazole rings is 1. The van der Waals surface area contributed by atoms with Crippen LogP contribution in [-0.4, -0.2) is 34.1 Å².